The maximum absolute atomic E-state index is 10.6. The van der Waals surface area contributed by atoms with Crippen LogP contribution >= 0.6 is 0 Å². The molecule has 78 valence electrons. The highest BCUT2D eigenvalue weighted by atomic mass is 32.2. The molecule has 0 saturated heterocycles. The van der Waals surface area contributed by atoms with Crippen LogP contribution in [0.5, 0.6) is 0 Å². The third kappa shape index (κ3) is 2.56. The Morgan fingerprint density at radius 1 is 1.07 bits per heavy atom. The van der Waals surface area contributed by atoms with Crippen LogP contribution in [0.1, 0.15) is 26.3 Å². The number of hydrogen-bond acceptors (Lipinski definition) is 3. The Hall–Kier alpha value is -0.870. The number of rotatable bonds is 1. The standard InChI is InChI=1S/C10H14O3S/c1-10(2,3)8-4-6-9(7-5-8)14(11,12)13/h4-7H,1-3H3,(H,11,12,13)/p-1. The zero-order valence-electron chi connectivity index (χ0n) is 8.44. The molecular weight excluding hydrogens is 200 g/mol. The molecule has 1 aromatic rings. The minimum absolute atomic E-state index is 0.0365. The van der Waals surface area contributed by atoms with Gasteiger partial charge < -0.3 is 4.55 Å². The lowest BCUT2D eigenvalue weighted by Crippen LogP contribution is -2.11. The molecule has 0 saturated carbocycles. The first-order valence-corrected chi connectivity index (χ1v) is 5.68. The second-order valence-electron chi connectivity index (χ2n) is 4.23. The smallest absolute Gasteiger partial charge is 0.124 e. The summed E-state index contributed by atoms with van der Waals surface area (Å²) in [4.78, 5) is -0.175. The Labute approximate surface area is 84.5 Å². The van der Waals surface area contributed by atoms with Crippen molar-refractivity contribution in [2.24, 2.45) is 0 Å². The molecule has 0 radical (unpaired) electrons. The van der Waals surface area contributed by atoms with Crippen LogP contribution in [0.3, 0.4) is 0 Å². The summed E-state index contributed by atoms with van der Waals surface area (Å²) >= 11 is 0. The number of benzene rings is 1. The highest BCUT2D eigenvalue weighted by molar-refractivity contribution is 7.85. The lowest BCUT2D eigenvalue weighted by Gasteiger charge is -2.19. The van der Waals surface area contributed by atoms with Crippen LogP contribution < -0.4 is 0 Å². The monoisotopic (exact) mass is 213 g/mol. The third-order valence-corrected chi connectivity index (χ3v) is 2.86. The van der Waals surface area contributed by atoms with Gasteiger partial charge in [0.05, 0.1) is 4.90 Å². The molecule has 14 heavy (non-hydrogen) atoms. The van der Waals surface area contributed by atoms with Gasteiger partial charge in [-0.1, -0.05) is 32.9 Å². The van der Waals surface area contributed by atoms with Gasteiger partial charge in [-0.25, -0.2) is 8.42 Å². The molecule has 0 atom stereocenters. The quantitative estimate of drug-likeness (QED) is 0.669. The predicted molar refractivity (Wildman–Crippen MR) is 53.1 cm³/mol. The average Bonchev–Trinajstić information content (AvgIpc) is 2.01. The topological polar surface area (TPSA) is 57.2 Å². The third-order valence-electron chi connectivity index (χ3n) is 2.01. The van der Waals surface area contributed by atoms with Crippen molar-refractivity contribution in [2.45, 2.75) is 31.1 Å². The van der Waals surface area contributed by atoms with Gasteiger partial charge in [-0.2, -0.15) is 0 Å². The fourth-order valence-electron chi connectivity index (χ4n) is 1.12. The van der Waals surface area contributed by atoms with Crippen LogP contribution in [-0.2, 0) is 15.5 Å². The minimum atomic E-state index is -4.32. The molecule has 3 nitrogen and oxygen atoms in total. The van der Waals surface area contributed by atoms with Crippen molar-refractivity contribution in [3.05, 3.63) is 29.8 Å². The first-order valence-electron chi connectivity index (χ1n) is 4.28. The van der Waals surface area contributed by atoms with Gasteiger partial charge in [0.15, 0.2) is 0 Å². The second kappa shape index (κ2) is 3.37. The molecule has 0 aliphatic carbocycles. The minimum Gasteiger partial charge on any atom is -0.744 e. The van der Waals surface area contributed by atoms with Crippen molar-refractivity contribution in [3.63, 3.8) is 0 Å². The van der Waals surface area contributed by atoms with Crippen LogP contribution in [0.25, 0.3) is 0 Å². The van der Waals surface area contributed by atoms with Crippen LogP contribution in [0.2, 0.25) is 0 Å². The van der Waals surface area contributed by atoms with Crippen LogP contribution in [0.15, 0.2) is 29.2 Å². The second-order valence-corrected chi connectivity index (χ2v) is 5.61. The first-order chi connectivity index (χ1) is 6.21. The van der Waals surface area contributed by atoms with Crippen LogP contribution in [0.4, 0.5) is 0 Å². The molecule has 0 unspecified atom stereocenters. The summed E-state index contributed by atoms with van der Waals surface area (Å²) in [7, 11) is -4.32. The van der Waals surface area contributed by atoms with E-state index in [4.69, 9.17) is 0 Å². The van der Waals surface area contributed by atoms with Gasteiger partial charge >= 0.3 is 0 Å². The van der Waals surface area contributed by atoms with Gasteiger partial charge in [-0.05, 0) is 23.1 Å². The zero-order valence-corrected chi connectivity index (χ0v) is 9.26. The van der Waals surface area contributed by atoms with E-state index in [0.29, 0.717) is 0 Å². The highest BCUT2D eigenvalue weighted by Crippen LogP contribution is 2.23. The fourth-order valence-corrected chi connectivity index (χ4v) is 1.59. The Morgan fingerprint density at radius 2 is 1.50 bits per heavy atom. The van der Waals surface area contributed by atoms with E-state index >= 15 is 0 Å². The predicted octanol–water partition coefficient (Wildman–Crippen LogP) is 1.89. The van der Waals surface area contributed by atoms with E-state index in [-0.39, 0.29) is 10.3 Å². The lowest BCUT2D eigenvalue weighted by molar-refractivity contribution is 0.463. The summed E-state index contributed by atoms with van der Waals surface area (Å²) < 4.78 is 31.9. The molecule has 0 amide bonds. The van der Waals surface area contributed by atoms with Gasteiger partial charge in [0.1, 0.15) is 10.1 Å². The van der Waals surface area contributed by atoms with Crippen LogP contribution in [-0.4, -0.2) is 13.0 Å². The maximum Gasteiger partial charge on any atom is 0.124 e. The molecule has 0 aliphatic rings. The van der Waals surface area contributed by atoms with Gasteiger partial charge in [-0.15, -0.1) is 0 Å². The summed E-state index contributed by atoms with van der Waals surface area (Å²) in [6.07, 6.45) is 0. The Kier molecular flexibility index (Phi) is 2.69. The van der Waals surface area contributed by atoms with Crippen molar-refractivity contribution >= 4 is 10.1 Å². The van der Waals surface area contributed by atoms with Crippen molar-refractivity contribution in [3.8, 4) is 0 Å². The zero-order chi connectivity index (χ0) is 11.0. The highest BCUT2D eigenvalue weighted by Gasteiger charge is 2.13. The summed E-state index contributed by atoms with van der Waals surface area (Å²) in [6.45, 7) is 6.06. The summed E-state index contributed by atoms with van der Waals surface area (Å²) in [5.74, 6) is 0. The molecule has 0 heterocycles. The Balaban J connectivity index is 3.14. The maximum atomic E-state index is 10.6. The van der Waals surface area contributed by atoms with Gasteiger partial charge in [0.2, 0.25) is 0 Å². The summed E-state index contributed by atoms with van der Waals surface area (Å²) in [5, 5.41) is 0. The summed E-state index contributed by atoms with van der Waals surface area (Å²) in [5.41, 5.74) is 0.968. The van der Waals surface area contributed by atoms with Crippen molar-refractivity contribution in [1.82, 2.24) is 0 Å². The van der Waals surface area contributed by atoms with Crippen molar-refractivity contribution in [1.29, 1.82) is 0 Å². The SMILES string of the molecule is CC(C)(C)c1ccc(S(=O)(=O)[O-])cc1. The Morgan fingerprint density at radius 3 is 1.79 bits per heavy atom. The molecule has 1 rings (SSSR count). The largest absolute Gasteiger partial charge is 0.744 e. The van der Waals surface area contributed by atoms with Crippen molar-refractivity contribution < 1.29 is 13.0 Å². The molecule has 0 N–H and O–H groups in total. The molecular formula is C10H13O3S-. The van der Waals surface area contributed by atoms with E-state index < -0.39 is 10.1 Å². The average molecular weight is 213 g/mol. The van der Waals surface area contributed by atoms with E-state index in [1.807, 2.05) is 20.8 Å². The molecule has 1 aromatic carbocycles. The molecule has 0 aromatic heterocycles. The normalized spacial score (nSPS) is 12.9. The summed E-state index contributed by atoms with van der Waals surface area (Å²) in [6, 6.07) is 6.04. The van der Waals surface area contributed by atoms with E-state index in [0.717, 1.165) is 5.56 Å². The van der Waals surface area contributed by atoms with Gasteiger partial charge in [-0.3, -0.25) is 0 Å². The van der Waals surface area contributed by atoms with E-state index in [2.05, 4.69) is 0 Å². The van der Waals surface area contributed by atoms with E-state index in [9.17, 15) is 13.0 Å². The fraction of sp³-hybridized carbons (Fsp3) is 0.400. The molecule has 0 spiro atoms. The Bertz CT molecular complexity index is 410. The lowest BCUT2D eigenvalue weighted by atomic mass is 9.87. The number of hydrogen-bond donors (Lipinski definition) is 0. The van der Waals surface area contributed by atoms with E-state index in [1.54, 1.807) is 12.1 Å². The van der Waals surface area contributed by atoms with E-state index in [1.165, 1.54) is 12.1 Å². The first kappa shape index (κ1) is 11.2. The molecule has 4 heteroatoms. The van der Waals surface area contributed by atoms with Gasteiger partial charge in [0, 0.05) is 0 Å². The molecule has 0 bridgehead atoms. The molecule has 0 aliphatic heterocycles. The van der Waals surface area contributed by atoms with Gasteiger partial charge in [0.25, 0.3) is 0 Å². The van der Waals surface area contributed by atoms with Crippen LogP contribution in [0, 0.1) is 0 Å². The molecule has 0 fully saturated rings. The van der Waals surface area contributed by atoms with Crippen molar-refractivity contribution in [2.75, 3.05) is 0 Å².